The van der Waals surface area contributed by atoms with Crippen molar-refractivity contribution < 1.29 is 53.0 Å². The highest BCUT2D eigenvalue weighted by Crippen LogP contribution is 2.30. The Labute approximate surface area is 504 Å². The van der Waals surface area contributed by atoms with Crippen molar-refractivity contribution in [3.05, 3.63) is 144 Å². The van der Waals surface area contributed by atoms with Crippen molar-refractivity contribution in [2.75, 3.05) is 31.1 Å². The maximum Gasteiger partial charge on any atom is 0.245 e. The number of carbonyl (C=O) groups is 8. The minimum Gasteiger partial charge on any atom is -0.508 e. The van der Waals surface area contributed by atoms with Crippen LogP contribution in [0.4, 0.5) is 10.1 Å². The van der Waals surface area contributed by atoms with Gasteiger partial charge >= 0.3 is 0 Å². The molecule has 0 spiro atoms. The van der Waals surface area contributed by atoms with Gasteiger partial charge in [-0.3, -0.25) is 48.2 Å². The van der Waals surface area contributed by atoms with Crippen LogP contribution in [0.3, 0.4) is 0 Å². The Balaban J connectivity index is 1.15. The summed E-state index contributed by atoms with van der Waals surface area (Å²) >= 11 is 0. The number of aliphatic hydroxyl groups is 1. The molecule has 7 rings (SSSR count). The van der Waals surface area contributed by atoms with Crippen molar-refractivity contribution in [2.45, 2.75) is 127 Å². The van der Waals surface area contributed by atoms with Gasteiger partial charge in [0.25, 0.3) is 0 Å². The van der Waals surface area contributed by atoms with Crippen molar-refractivity contribution in [1.29, 1.82) is 0 Å². The first-order valence-corrected chi connectivity index (χ1v) is 29.3. The molecule has 0 unspecified atom stereocenters. The number of nitrogens with one attached hydrogen (secondary N) is 6. The number of aliphatic imine (C=N–C) groups is 1. The number of benzene rings is 5. The number of fused-ring (bicyclic) bond motifs is 2. The predicted octanol–water partition coefficient (Wildman–Crippen LogP) is 3.43. The molecule has 1 fully saturated rings. The molecule has 1 saturated heterocycles. The summed E-state index contributed by atoms with van der Waals surface area (Å²) in [4.78, 5) is 125. The number of ketones is 1. The number of aromatic amines is 1. The zero-order chi connectivity index (χ0) is 62.7. The fraction of sp³-hybridized carbons (Fsp3) is 0.391. The number of amides is 7. The van der Waals surface area contributed by atoms with Crippen LogP contribution in [0.1, 0.15) is 82.4 Å². The fourth-order valence-corrected chi connectivity index (χ4v) is 10.8. The molecule has 0 aliphatic carbocycles. The summed E-state index contributed by atoms with van der Waals surface area (Å²) in [5.74, 6) is -6.26. The molecule has 0 radical (unpaired) electrons. The molecule has 23 heteroatoms. The predicted molar refractivity (Wildman–Crippen MR) is 329 cm³/mol. The zero-order valence-electron chi connectivity index (χ0n) is 49.2. The van der Waals surface area contributed by atoms with Gasteiger partial charge in [0, 0.05) is 61.3 Å². The second-order valence-corrected chi connectivity index (χ2v) is 22.3. The van der Waals surface area contributed by atoms with Crippen LogP contribution >= 0.6 is 0 Å². The molecular weight excluding hydrogens is 1120 g/mol. The van der Waals surface area contributed by atoms with Crippen LogP contribution in [0.5, 0.6) is 5.75 Å². The highest BCUT2D eigenvalue weighted by atomic mass is 19.1. The summed E-state index contributed by atoms with van der Waals surface area (Å²) in [6, 6.07) is 22.3. The van der Waals surface area contributed by atoms with Crippen LogP contribution in [0.2, 0.25) is 0 Å². The van der Waals surface area contributed by atoms with Crippen molar-refractivity contribution in [3.63, 3.8) is 0 Å². The number of hydrogen-bond donors (Lipinski definition) is 11. The van der Waals surface area contributed by atoms with Gasteiger partial charge in [0.1, 0.15) is 47.8 Å². The van der Waals surface area contributed by atoms with Crippen LogP contribution in [0.25, 0.3) is 21.7 Å². The van der Waals surface area contributed by atoms with Crippen molar-refractivity contribution in [1.82, 2.24) is 36.5 Å². The number of likely N-dealkylation sites (tertiary alicyclic amines) is 1. The first-order chi connectivity index (χ1) is 41.7. The van der Waals surface area contributed by atoms with Gasteiger partial charge < -0.3 is 63.9 Å². The number of nitrogens with two attached hydrogens (primary N) is 3. The molecule has 1 aliphatic heterocycles. The highest BCUT2D eigenvalue weighted by Gasteiger charge is 2.39. The van der Waals surface area contributed by atoms with E-state index in [1.54, 1.807) is 48.7 Å². The summed E-state index contributed by atoms with van der Waals surface area (Å²) in [6.45, 7) is 4.71. The molecule has 22 nitrogen and oxygen atoms in total. The van der Waals surface area contributed by atoms with Gasteiger partial charge in [-0.25, -0.2) is 4.39 Å². The van der Waals surface area contributed by atoms with Gasteiger partial charge in [-0.2, -0.15) is 0 Å². The zero-order valence-corrected chi connectivity index (χ0v) is 49.2. The third-order valence-corrected chi connectivity index (χ3v) is 15.4. The topological polar surface area (TPSA) is 350 Å². The number of carbonyl (C=O) groups excluding carboxylic acids is 8. The number of aromatic nitrogens is 1. The number of para-hydroxylation sites is 1. The molecule has 1 aromatic heterocycles. The average molecular weight is 1200 g/mol. The Morgan fingerprint density at radius 2 is 1.30 bits per heavy atom. The third kappa shape index (κ3) is 17.9. The number of phenolic OH excluding ortho intramolecular Hbond substituents is 1. The van der Waals surface area contributed by atoms with Gasteiger partial charge in [-0.1, -0.05) is 92.7 Å². The number of aliphatic hydroxyl groups excluding tert-OH is 1. The molecule has 7 amide bonds. The summed E-state index contributed by atoms with van der Waals surface area (Å²) in [5, 5.41) is 36.9. The van der Waals surface area contributed by atoms with Gasteiger partial charge in [-0.15, -0.1) is 0 Å². The van der Waals surface area contributed by atoms with E-state index in [1.165, 1.54) is 53.1 Å². The molecule has 14 N–H and O–H groups in total. The number of hydrogen-bond acceptors (Lipinski definition) is 12. The Hall–Kier alpha value is -9.22. The number of aryl methyl sites for hydroxylation is 1. The van der Waals surface area contributed by atoms with E-state index in [0.29, 0.717) is 40.6 Å². The van der Waals surface area contributed by atoms with E-state index in [4.69, 9.17) is 17.2 Å². The van der Waals surface area contributed by atoms with E-state index in [2.05, 4.69) is 36.6 Å². The van der Waals surface area contributed by atoms with E-state index in [1.807, 2.05) is 50.2 Å². The van der Waals surface area contributed by atoms with Crippen molar-refractivity contribution >= 4 is 80.5 Å². The first-order valence-electron chi connectivity index (χ1n) is 29.3. The second-order valence-electron chi connectivity index (χ2n) is 22.3. The molecule has 5 aromatic carbocycles. The number of anilines is 1. The fourth-order valence-electron chi connectivity index (χ4n) is 10.8. The number of phenols is 1. The van der Waals surface area contributed by atoms with Crippen LogP contribution in [0, 0.1) is 11.7 Å². The number of aromatic hydroxyl groups is 1. The van der Waals surface area contributed by atoms with Gasteiger partial charge in [0.15, 0.2) is 11.7 Å². The minimum absolute atomic E-state index is 0.0691. The quantitative estimate of drug-likeness (QED) is 0.0175. The Kier molecular flexibility index (Phi) is 23.5. The molecule has 0 bridgehead atoms. The lowest BCUT2D eigenvalue weighted by molar-refractivity contribution is -0.141. The standard InChI is InChI=1S/C64H79FN12O10/c1-38(2)33-50(59(83)71-49(16-9-31-69-64(67)68)63(87)76-32-10-18-55(76)56(80)29-30-66)72-61(85)52(35-43-36-70-48-15-7-6-13-46(43)48)74-60(84)51(34-41-21-26-45(79)27-22-41)73-62(86)53(37-78)75-58(82)39(3)77(54-17-8-12-42-11-4-5-14-47(42)54)57(81)28-23-40-19-24-44(65)25-20-40/h4-8,11-15,17,19-22,24-27,36,38-39,49-53,55,70,78-79H,9-10,16,18,23,28-35,37,66H2,1-3H3,(H,71,83)(H,72,85)(H,73,86)(H,74,84)(H,75,82)(H4,67,68,69)/t39-,49+,50+,51+,52-,53+,55+/m1/s1. The molecular formula is C64H79FN12O10. The van der Waals surface area contributed by atoms with E-state index in [9.17, 15) is 53.0 Å². The molecule has 87 heavy (non-hydrogen) atoms. The number of H-pyrrole nitrogens is 1. The second kappa shape index (κ2) is 31.3. The van der Waals surface area contributed by atoms with Gasteiger partial charge in [0.05, 0.1) is 18.3 Å². The average Bonchev–Trinajstić information content (AvgIpc) is 1.85. The SMILES string of the molecule is CC(C)C[C@H](NC(=O)[C@@H](Cc1c[nH]c2ccccc12)NC(=O)[C@H](Cc1ccc(O)cc1)NC(=O)[C@H](CO)NC(=O)[C@@H](C)N(C(=O)CCc1ccc(F)cc1)c1cccc2ccccc12)C(=O)N[C@@H](CCCN=C(N)N)C(=O)N1CCC[C@H]1C(=O)CCN. The van der Waals surface area contributed by atoms with Crippen LogP contribution in [-0.2, 0) is 57.6 Å². The summed E-state index contributed by atoms with van der Waals surface area (Å²) < 4.78 is 13.8. The third-order valence-electron chi connectivity index (χ3n) is 15.4. The highest BCUT2D eigenvalue weighted by molar-refractivity contribution is 6.08. The van der Waals surface area contributed by atoms with E-state index in [0.717, 1.165) is 16.3 Å². The number of Topliss-reactive ketones (excluding diaryl/α,β-unsaturated/α-hetero) is 1. The van der Waals surface area contributed by atoms with Crippen molar-refractivity contribution in [3.8, 4) is 5.75 Å². The first kappa shape index (κ1) is 65.3. The maximum absolute atomic E-state index is 15.0. The lowest BCUT2D eigenvalue weighted by Crippen LogP contribution is -2.61. The number of rotatable bonds is 30. The summed E-state index contributed by atoms with van der Waals surface area (Å²) in [5.41, 5.74) is 19.7. The normalized spacial score (nSPS) is 15.1. The minimum atomic E-state index is -1.69. The smallest absolute Gasteiger partial charge is 0.245 e. The Bertz CT molecular complexity index is 3400. The van der Waals surface area contributed by atoms with Crippen molar-refractivity contribution in [2.24, 2.45) is 28.1 Å². The van der Waals surface area contributed by atoms with E-state index in [-0.39, 0.29) is 94.4 Å². The summed E-state index contributed by atoms with van der Waals surface area (Å²) in [7, 11) is 0. The van der Waals surface area contributed by atoms with Crippen LogP contribution < -0.4 is 48.7 Å². The molecule has 462 valence electrons. The van der Waals surface area contributed by atoms with E-state index < -0.39 is 96.1 Å². The largest absolute Gasteiger partial charge is 0.508 e. The van der Waals surface area contributed by atoms with E-state index >= 15 is 0 Å². The van der Waals surface area contributed by atoms with Crippen LogP contribution in [-0.4, -0.2) is 142 Å². The van der Waals surface area contributed by atoms with Gasteiger partial charge in [0.2, 0.25) is 41.4 Å². The van der Waals surface area contributed by atoms with Gasteiger partial charge in [-0.05, 0) is 116 Å². The molecule has 0 saturated carbocycles. The number of guanidine groups is 1. The Morgan fingerprint density at radius 3 is 1.98 bits per heavy atom. The summed E-state index contributed by atoms with van der Waals surface area (Å²) in [6.07, 6.45) is 2.94. The van der Waals surface area contributed by atoms with Crippen LogP contribution in [0.15, 0.2) is 126 Å². The Morgan fingerprint density at radius 1 is 0.701 bits per heavy atom. The lowest BCUT2D eigenvalue weighted by atomic mass is 9.99. The molecule has 7 atom stereocenters. The molecule has 1 aliphatic rings. The lowest BCUT2D eigenvalue weighted by Gasteiger charge is -2.31. The number of halogens is 1. The molecule has 6 aromatic rings. The monoisotopic (exact) mass is 1190 g/mol. The molecule has 2 heterocycles. The maximum atomic E-state index is 15.0. The number of nitrogens with zero attached hydrogens (tertiary/aromatic N) is 3.